The average molecular weight is 472 g/mol. The van der Waals surface area contributed by atoms with Gasteiger partial charge in [-0.25, -0.2) is 4.98 Å². The van der Waals surface area contributed by atoms with Crippen LogP contribution in [0.4, 0.5) is 0 Å². The van der Waals surface area contributed by atoms with Crippen LogP contribution in [-0.2, 0) is 33.4 Å². The van der Waals surface area contributed by atoms with Crippen LogP contribution in [0.3, 0.4) is 0 Å². The van der Waals surface area contributed by atoms with Crippen molar-refractivity contribution in [2.45, 2.75) is 50.1 Å². The van der Waals surface area contributed by atoms with Gasteiger partial charge in [-0.3, -0.25) is 24.3 Å². The third-order valence-electron chi connectivity index (χ3n) is 7.23. The predicted octanol–water partition coefficient (Wildman–Crippen LogP) is 3.16. The Balaban J connectivity index is 1.47. The van der Waals surface area contributed by atoms with Gasteiger partial charge < -0.3 is 9.47 Å². The van der Waals surface area contributed by atoms with E-state index < -0.39 is 5.41 Å². The van der Waals surface area contributed by atoms with Crippen LogP contribution < -0.4 is 0 Å². The highest BCUT2D eigenvalue weighted by molar-refractivity contribution is 6.10. The molecular formula is C27H29N5O3. The van der Waals surface area contributed by atoms with Gasteiger partial charge in [-0.05, 0) is 36.5 Å². The summed E-state index contributed by atoms with van der Waals surface area (Å²) in [6.45, 7) is 0.761. The van der Waals surface area contributed by atoms with E-state index in [-0.39, 0.29) is 43.1 Å². The molecule has 0 saturated carbocycles. The number of benzene rings is 1. The van der Waals surface area contributed by atoms with Crippen molar-refractivity contribution in [3.8, 4) is 0 Å². The minimum Gasteiger partial charge on any atom is -0.336 e. The van der Waals surface area contributed by atoms with Crippen molar-refractivity contribution in [3.05, 3.63) is 84.2 Å². The Morgan fingerprint density at radius 3 is 2.63 bits per heavy atom. The molecule has 0 radical (unpaired) electrons. The molecule has 3 aromatic rings. The highest BCUT2D eigenvalue weighted by Gasteiger charge is 2.54. The average Bonchev–Trinajstić information content (AvgIpc) is 3.42. The van der Waals surface area contributed by atoms with Crippen LogP contribution in [-0.4, -0.2) is 48.6 Å². The molecule has 2 unspecified atom stereocenters. The SMILES string of the molecule is Cn1ccnc1C1CCCCN1C(=O)CC1(c2ccccc2)CC(=O)N(Cc2cccnc2)C1=O. The van der Waals surface area contributed by atoms with Crippen LogP contribution in [0.5, 0.6) is 0 Å². The van der Waals surface area contributed by atoms with Crippen LogP contribution in [0, 0.1) is 0 Å². The van der Waals surface area contributed by atoms with Gasteiger partial charge in [0.05, 0.1) is 18.0 Å². The van der Waals surface area contributed by atoms with Crippen molar-refractivity contribution in [2.75, 3.05) is 6.54 Å². The van der Waals surface area contributed by atoms with Crippen LogP contribution in [0.25, 0.3) is 0 Å². The third-order valence-corrected chi connectivity index (χ3v) is 7.23. The van der Waals surface area contributed by atoms with Crippen molar-refractivity contribution >= 4 is 17.7 Å². The largest absolute Gasteiger partial charge is 0.336 e. The summed E-state index contributed by atoms with van der Waals surface area (Å²) in [6, 6.07) is 12.7. The number of rotatable bonds is 6. The van der Waals surface area contributed by atoms with Gasteiger partial charge in [0.15, 0.2) is 0 Å². The zero-order chi connectivity index (χ0) is 24.4. The lowest BCUT2D eigenvalue weighted by Crippen LogP contribution is -2.46. The summed E-state index contributed by atoms with van der Waals surface area (Å²) in [5.74, 6) is 0.135. The third kappa shape index (κ3) is 4.24. The Morgan fingerprint density at radius 2 is 1.91 bits per heavy atom. The van der Waals surface area contributed by atoms with E-state index in [0.717, 1.165) is 30.7 Å². The van der Waals surface area contributed by atoms with E-state index in [1.807, 2.05) is 59.1 Å². The number of amides is 3. The minimum atomic E-state index is -1.22. The molecule has 180 valence electrons. The van der Waals surface area contributed by atoms with Crippen molar-refractivity contribution < 1.29 is 14.4 Å². The first-order valence-electron chi connectivity index (χ1n) is 12.1. The van der Waals surface area contributed by atoms with Crippen molar-refractivity contribution in [2.24, 2.45) is 7.05 Å². The summed E-state index contributed by atoms with van der Waals surface area (Å²) in [5.41, 5.74) is 0.252. The number of piperidine rings is 1. The number of aryl methyl sites for hydroxylation is 1. The second-order valence-corrected chi connectivity index (χ2v) is 9.44. The zero-order valence-corrected chi connectivity index (χ0v) is 19.8. The molecular weight excluding hydrogens is 442 g/mol. The van der Waals surface area contributed by atoms with E-state index in [4.69, 9.17) is 0 Å². The Labute approximate surface area is 204 Å². The monoisotopic (exact) mass is 471 g/mol. The molecule has 35 heavy (non-hydrogen) atoms. The van der Waals surface area contributed by atoms with Gasteiger partial charge in [-0.1, -0.05) is 36.4 Å². The summed E-state index contributed by atoms with van der Waals surface area (Å²) in [5, 5.41) is 0. The number of hydrogen-bond acceptors (Lipinski definition) is 5. The fourth-order valence-electron chi connectivity index (χ4n) is 5.41. The normalized spacial score (nSPS) is 22.6. The first kappa shape index (κ1) is 23.0. The summed E-state index contributed by atoms with van der Waals surface area (Å²) in [7, 11) is 1.93. The van der Waals surface area contributed by atoms with E-state index in [0.29, 0.717) is 12.1 Å². The summed E-state index contributed by atoms with van der Waals surface area (Å²) in [6.07, 6.45) is 9.61. The second-order valence-electron chi connectivity index (χ2n) is 9.44. The molecule has 8 heteroatoms. The smallest absolute Gasteiger partial charge is 0.241 e. The molecule has 2 aliphatic rings. The fourth-order valence-corrected chi connectivity index (χ4v) is 5.41. The number of pyridine rings is 1. The van der Waals surface area contributed by atoms with Gasteiger partial charge in [0, 0.05) is 51.2 Å². The van der Waals surface area contributed by atoms with Crippen molar-refractivity contribution in [1.82, 2.24) is 24.3 Å². The molecule has 0 spiro atoms. The lowest BCUT2D eigenvalue weighted by Gasteiger charge is -2.37. The van der Waals surface area contributed by atoms with Gasteiger partial charge in [0.2, 0.25) is 17.7 Å². The van der Waals surface area contributed by atoms with Crippen LogP contribution in [0.1, 0.15) is 55.1 Å². The van der Waals surface area contributed by atoms with Crippen LogP contribution >= 0.6 is 0 Å². The molecule has 2 aliphatic heterocycles. The predicted molar refractivity (Wildman–Crippen MR) is 129 cm³/mol. The maximum Gasteiger partial charge on any atom is 0.241 e. The maximum atomic E-state index is 13.9. The fraction of sp³-hybridized carbons (Fsp3) is 0.370. The molecule has 2 fully saturated rings. The second kappa shape index (κ2) is 9.44. The molecule has 4 heterocycles. The van der Waals surface area contributed by atoms with Gasteiger partial charge in [0.1, 0.15) is 5.82 Å². The van der Waals surface area contributed by atoms with Gasteiger partial charge in [-0.15, -0.1) is 0 Å². The Hall–Kier alpha value is -3.81. The standard InChI is InChI=1S/C27H29N5O3/c1-30-15-13-29-25(30)22-11-5-6-14-31(22)23(33)16-27(21-9-3-2-4-10-21)17-24(34)32(26(27)35)19-20-8-7-12-28-18-20/h2-4,7-10,12-13,15,18,22H,5-6,11,14,16-17,19H2,1H3. The van der Waals surface area contributed by atoms with E-state index in [2.05, 4.69) is 9.97 Å². The summed E-state index contributed by atoms with van der Waals surface area (Å²) in [4.78, 5) is 52.7. The molecule has 5 rings (SSSR count). The number of aromatic nitrogens is 3. The first-order chi connectivity index (χ1) is 17.0. The molecule has 0 bridgehead atoms. The molecule has 1 aromatic carbocycles. The van der Waals surface area contributed by atoms with Gasteiger partial charge in [0.25, 0.3) is 0 Å². The Bertz CT molecular complexity index is 1230. The maximum absolute atomic E-state index is 13.9. The number of likely N-dealkylation sites (tertiary alicyclic amines) is 2. The molecule has 2 aromatic heterocycles. The Morgan fingerprint density at radius 1 is 1.09 bits per heavy atom. The number of nitrogens with zero attached hydrogens (tertiary/aromatic N) is 5. The number of hydrogen-bond donors (Lipinski definition) is 0. The summed E-state index contributed by atoms with van der Waals surface area (Å²) < 4.78 is 1.95. The van der Waals surface area contributed by atoms with E-state index in [1.54, 1.807) is 24.7 Å². The molecule has 8 nitrogen and oxygen atoms in total. The lowest BCUT2D eigenvalue weighted by atomic mass is 9.75. The van der Waals surface area contributed by atoms with E-state index in [9.17, 15) is 14.4 Å². The lowest BCUT2D eigenvalue weighted by molar-refractivity contribution is -0.144. The van der Waals surface area contributed by atoms with Crippen molar-refractivity contribution in [3.63, 3.8) is 0 Å². The first-order valence-corrected chi connectivity index (χ1v) is 12.1. The minimum absolute atomic E-state index is 0.0250. The van der Waals surface area contributed by atoms with Crippen LogP contribution in [0.15, 0.2) is 67.3 Å². The van der Waals surface area contributed by atoms with Gasteiger partial charge >= 0.3 is 0 Å². The van der Waals surface area contributed by atoms with E-state index >= 15 is 0 Å². The zero-order valence-electron chi connectivity index (χ0n) is 19.8. The number of carbonyl (C=O) groups is 3. The highest BCUT2D eigenvalue weighted by atomic mass is 16.2. The highest BCUT2D eigenvalue weighted by Crippen LogP contribution is 2.42. The quantitative estimate of drug-likeness (QED) is 0.516. The van der Waals surface area contributed by atoms with Crippen molar-refractivity contribution in [1.29, 1.82) is 0 Å². The molecule has 0 N–H and O–H groups in total. The van der Waals surface area contributed by atoms with E-state index in [1.165, 1.54) is 4.90 Å². The number of imidazole rings is 1. The number of imide groups is 1. The molecule has 3 amide bonds. The summed E-state index contributed by atoms with van der Waals surface area (Å²) >= 11 is 0. The molecule has 2 atom stereocenters. The molecule has 0 aliphatic carbocycles. The Kier molecular flexibility index (Phi) is 6.19. The topological polar surface area (TPSA) is 88.4 Å². The van der Waals surface area contributed by atoms with Gasteiger partial charge in [-0.2, -0.15) is 0 Å². The molecule has 2 saturated heterocycles. The van der Waals surface area contributed by atoms with Crippen LogP contribution in [0.2, 0.25) is 0 Å². The number of carbonyl (C=O) groups excluding carboxylic acids is 3.